The van der Waals surface area contributed by atoms with Gasteiger partial charge < -0.3 is 9.47 Å². The summed E-state index contributed by atoms with van der Waals surface area (Å²) in [4.78, 5) is 2.64. The number of piperidine rings is 1. The van der Waals surface area contributed by atoms with Crippen molar-refractivity contribution in [1.82, 2.24) is 4.90 Å². The van der Waals surface area contributed by atoms with Gasteiger partial charge in [-0.15, -0.1) is 0 Å². The normalized spacial score (nSPS) is 26.1. The maximum Gasteiger partial charge on any atom is 0.161 e. The molecule has 2 aliphatic heterocycles. The molecule has 0 spiro atoms. The van der Waals surface area contributed by atoms with Crippen LogP contribution in [0, 0.1) is 11.8 Å². The van der Waals surface area contributed by atoms with Crippen LogP contribution in [0.5, 0.6) is 11.5 Å². The Morgan fingerprint density at radius 2 is 1.87 bits per heavy atom. The topological polar surface area (TPSA) is 21.7 Å². The molecule has 2 aliphatic rings. The molecule has 2 atom stereocenters. The minimum absolute atomic E-state index is 0.512. The summed E-state index contributed by atoms with van der Waals surface area (Å²) in [5.41, 5.74) is 4.47. The highest BCUT2D eigenvalue weighted by Gasteiger charge is 2.35. The molecular formula is C20H29NO2. The smallest absolute Gasteiger partial charge is 0.161 e. The Morgan fingerprint density at radius 3 is 2.52 bits per heavy atom. The highest BCUT2D eigenvalue weighted by atomic mass is 16.5. The van der Waals surface area contributed by atoms with Gasteiger partial charge in [-0.05, 0) is 47.9 Å². The number of hydrogen-bond acceptors (Lipinski definition) is 3. The molecule has 0 N–H and O–H groups in total. The van der Waals surface area contributed by atoms with Crippen molar-refractivity contribution in [2.45, 2.75) is 39.7 Å². The van der Waals surface area contributed by atoms with E-state index < -0.39 is 0 Å². The van der Waals surface area contributed by atoms with Crippen LogP contribution in [-0.4, -0.2) is 32.2 Å². The number of rotatable bonds is 3. The molecule has 1 fully saturated rings. The maximum atomic E-state index is 5.53. The molecule has 0 saturated carbocycles. The number of benzene rings is 1. The molecule has 1 unspecified atom stereocenters. The van der Waals surface area contributed by atoms with Crippen LogP contribution in [0.25, 0.3) is 0 Å². The van der Waals surface area contributed by atoms with Crippen molar-refractivity contribution in [1.29, 1.82) is 0 Å². The van der Waals surface area contributed by atoms with Crippen LogP contribution in [0.3, 0.4) is 0 Å². The van der Waals surface area contributed by atoms with Gasteiger partial charge in [0.1, 0.15) is 0 Å². The van der Waals surface area contributed by atoms with Crippen LogP contribution < -0.4 is 9.47 Å². The van der Waals surface area contributed by atoms with Crippen LogP contribution in [0.4, 0.5) is 0 Å². The zero-order valence-electron chi connectivity index (χ0n) is 15.1. The van der Waals surface area contributed by atoms with Gasteiger partial charge in [0.2, 0.25) is 0 Å². The van der Waals surface area contributed by atoms with Crippen molar-refractivity contribution < 1.29 is 9.47 Å². The van der Waals surface area contributed by atoms with Gasteiger partial charge in [0.15, 0.2) is 11.5 Å². The number of allylic oxidation sites excluding steroid dienone is 1. The van der Waals surface area contributed by atoms with Gasteiger partial charge in [-0.2, -0.15) is 0 Å². The molecular weight excluding hydrogens is 286 g/mol. The van der Waals surface area contributed by atoms with E-state index in [9.17, 15) is 0 Å². The van der Waals surface area contributed by atoms with Crippen molar-refractivity contribution in [2.75, 3.05) is 27.3 Å². The van der Waals surface area contributed by atoms with Gasteiger partial charge in [0.05, 0.1) is 14.2 Å². The van der Waals surface area contributed by atoms with Crippen molar-refractivity contribution >= 4 is 0 Å². The van der Waals surface area contributed by atoms with Gasteiger partial charge in [-0.3, -0.25) is 4.90 Å². The standard InChI is InChI=1S/C20H29NO2/c1-13(2)8-16-12-21-7-6-15-10-19(22-4)20(23-5)11-17(15)18(21)9-14(16)3/h8,10-11,13-14,18H,6-7,9,12H2,1-5H3/b16-8+/t14-,18?/m1/s1. The van der Waals surface area contributed by atoms with E-state index in [1.54, 1.807) is 19.8 Å². The molecule has 3 rings (SSSR count). The Kier molecular flexibility index (Phi) is 4.67. The second kappa shape index (κ2) is 6.56. The maximum absolute atomic E-state index is 5.53. The fourth-order valence-electron chi connectivity index (χ4n) is 4.07. The van der Waals surface area contributed by atoms with Gasteiger partial charge >= 0.3 is 0 Å². The van der Waals surface area contributed by atoms with E-state index in [4.69, 9.17) is 9.47 Å². The SMILES string of the molecule is COc1cc2c(cc1OC)C1C[C@@H](C)/C(=C/C(C)C)CN1CC2. The average Bonchev–Trinajstić information content (AvgIpc) is 2.53. The molecule has 3 nitrogen and oxygen atoms in total. The largest absolute Gasteiger partial charge is 0.493 e. The van der Waals surface area contributed by atoms with Gasteiger partial charge in [-0.25, -0.2) is 0 Å². The summed E-state index contributed by atoms with van der Waals surface area (Å²) in [5.74, 6) is 2.98. The van der Waals surface area contributed by atoms with Crippen molar-refractivity contribution in [3.05, 3.63) is 34.9 Å². The van der Waals surface area contributed by atoms with Gasteiger partial charge in [-0.1, -0.05) is 32.4 Å². The molecule has 1 aromatic rings. The molecule has 126 valence electrons. The summed E-state index contributed by atoms with van der Waals surface area (Å²) >= 11 is 0. The lowest BCUT2D eigenvalue weighted by Gasteiger charge is -2.44. The molecule has 0 aromatic heterocycles. The summed E-state index contributed by atoms with van der Waals surface area (Å²) in [7, 11) is 3.43. The third-order valence-electron chi connectivity index (χ3n) is 5.26. The highest BCUT2D eigenvalue weighted by Crippen LogP contribution is 2.44. The molecule has 0 radical (unpaired) electrons. The fourth-order valence-corrected chi connectivity index (χ4v) is 4.07. The quantitative estimate of drug-likeness (QED) is 0.779. The molecule has 1 saturated heterocycles. The van der Waals surface area contributed by atoms with Crippen molar-refractivity contribution in [2.24, 2.45) is 11.8 Å². The second-order valence-corrected chi connectivity index (χ2v) is 7.26. The molecule has 3 heteroatoms. The third kappa shape index (κ3) is 3.12. The van der Waals surface area contributed by atoms with E-state index in [0.29, 0.717) is 17.9 Å². The van der Waals surface area contributed by atoms with Crippen LogP contribution in [-0.2, 0) is 6.42 Å². The van der Waals surface area contributed by atoms with Gasteiger partial charge in [0.25, 0.3) is 0 Å². The molecule has 2 heterocycles. The lowest BCUT2D eigenvalue weighted by Crippen LogP contribution is -2.42. The van der Waals surface area contributed by atoms with Crippen LogP contribution in [0.1, 0.15) is 44.4 Å². The fraction of sp³-hybridized carbons (Fsp3) is 0.600. The van der Waals surface area contributed by atoms with E-state index in [0.717, 1.165) is 31.0 Å². The van der Waals surface area contributed by atoms with Gasteiger partial charge in [0, 0.05) is 19.1 Å². The Hall–Kier alpha value is -1.48. The predicted octanol–water partition coefficient (Wildman–Crippen LogP) is 4.23. The van der Waals surface area contributed by atoms with Crippen molar-refractivity contribution in [3.63, 3.8) is 0 Å². The molecule has 23 heavy (non-hydrogen) atoms. The Morgan fingerprint density at radius 1 is 1.17 bits per heavy atom. The first-order valence-electron chi connectivity index (χ1n) is 8.73. The number of nitrogens with zero attached hydrogens (tertiary/aromatic N) is 1. The Bertz CT molecular complexity index is 606. The summed E-state index contributed by atoms with van der Waals surface area (Å²) in [6.07, 6.45) is 4.75. The van der Waals surface area contributed by atoms with Crippen molar-refractivity contribution in [3.8, 4) is 11.5 Å². The van der Waals surface area contributed by atoms with Crippen LogP contribution in [0.15, 0.2) is 23.8 Å². The van der Waals surface area contributed by atoms with E-state index in [1.807, 2.05) is 0 Å². The molecule has 0 bridgehead atoms. The number of ether oxygens (including phenoxy) is 2. The summed E-state index contributed by atoms with van der Waals surface area (Å²) in [6, 6.07) is 4.89. The van der Waals surface area contributed by atoms with Crippen LogP contribution >= 0.6 is 0 Å². The molecule has 0 aliphatic carbocycles. The van der Waals surface area contributed by atoms with E-state index >= 15 is 0 Å². The highest BCUT2D eigenvalue weighted by molar-refractivity contribution is 5.50. The van der Waals surface area contributed by atoms with E-state index in [1.165, 1.54) is 17.5 Å². The average molecular weight is 315 g/mol. The molecule has 1 aromatic carbocycles. The van der Waals surface area contributed by atoms with E-state index in [2.05, 4.69) is 43.9 Å². The minimum atomic E-state index is 0.512. The zero-order valence-corrected chi connectivity index (χ0v) is 15.1. The second-order valence-electron chi connectivity index (χ2n) is 7.26. The first-order valence-corrected chi connectivity index (χ1v) is 8.73. The summed E-state index contributed by atoms with van der Waals surface area (Å²) in [5, 5.41) is 0. The molecule has 0 amide bonds. The zero-order chi connectivity index (χ0) is 16.6. The Balaban J connectivity index is 1.93. The first kappa shape index (κ1) is 16.4. The number of methoxy groups -OCH3 is 2. The lowest BCUT2D eigenvalue weighted by atomic mass is 9.79. The van der Waals surface area contributed by atoms with Crippen LogP contribution in [0.2, 0.25) is 0 Å². The summed E-state index contributed by atoms with van der Waals surface area (Å²) < 4.78 is 11.0. The first-order chi connectivity index (χ1) is 11.0. The van der Waals surface area contributed by atoms with E-state index in [-0.39, 0.29) is 0 Å². The number of hydrogen-bond donors (Lipinski definition) is 0. The third-order valence-corrected chi connectivity index (χ3v) is 5.26. The minimum Gasteiger partial charge on any atom is -0.493 e. The lowest BCUT2D eigenvalue weighted by molar-refractivity contribution is 0.144. The Labute approximate surface area is 140 Å². The number of fused-ring (bicyclic) bond motifs is 3. The monoisotopic (exact) mass is 315 g/mol. The predicted molar refractivity (Wildman–Crippen MR) is 94.3 cm³/mol. The summed E-state index contributed by atoms with van der Waals surface area (Å²) in [6.45, 7) is 9.16.